The van der Waals surface area contributed by atoms with Crippen molar-refractivity contribution < 1.29 is 0 Å². The predicted octanol–water partition coefficient (Wildman–Crippen LogP) is -1.24. The summed E-state index contributed by atoms with van der Waals surface area (Å²) in [5.74, 6) is 0. The molecule has 0 atom stereocenters. The molecule has 1 rings (SSSR count). The minimum absolute atomic E-state index is 0.0936. The fourth-order valence-electron chi connectivity index (χ4n) is 1.74. The van der Waals surface area contributed by atoms with E-state index in [9.17, 15) is 0 Å². The van der Waals surface area contributed by atoms with Crippen LogP contribution in [0.2, 0.25) is 0 Å². The minimum Gasteiger partial charge on any atom is -0.101 e. The Morgan fingerprint density at radius 1 is 0.812 bits per heavy atom. The molecule has 0 aromatic heterocycles. The standard InChI is InChI=1S/C12H14B4/c1-6-8(13)10(15)7(5-12(2,3)4)11(16)9(6)14/h5H2,1-4H3. The van der Waals surface area contributed by atoms with Crippen LogP contribution in [-0.2, 0) is 6.42 Å². The second-order valence-electron chi connectivity index (χ2n) is 5.50. The zero-order valence-electron chi connectivity index (χ0n) is 10.5. The van der Waals surface area contributed by atoms with E-state index in [4.69, 9.17) is 31.4 Å². The lowest BCUT2D eigenvalue weighted by molar-refractivity contribution is 0.413. The van der Waals surface area contributed by atoms with Gasteiger partial charge < -0.3 is 0 Å². The summed E-state index contributed by atoms with van der Waals surface area (Å²) in [5, 5.41) is 0. The Balaban J connectivity index is 3.40. The summed E-state index contributed by atoms with van der Waals surface area (Å²) < 4.78 is 0. The third-order valence-electron chi connectivity index (χ3n) is 2.75. The van der Waals surface area contributed by atoms with Gasteiger partial charge in [0.05, 0.1) is 0 Å². The van der Waals surface area contributed by atoms with Crippen LogP contribution >= 0.6 is 0 Å². The monoisotopic (exact) mass is 202 g/mol. The summed E-state index contributed by atoms with van der Waals surface area (Å²) in [4.78, 5) is 0. The lowest BCUT2D eigenvalue weighted by atomic mass is 9.63. The van der Waals surface area contributed by atoms with Crippen LogP contribution < -0.4 is 21.9 Å². The molecule has 0 spiro atoms. The molecule has 0 N–H and O–H groups in total. The molecule has 8 radical (unpaired) electrons. The van der Waals surface area contributed by atoms with Crippen LogP contribution in [0.5, 0.6) is 0 Å². The molecule has 0 unspecified atom stereocenters. The summed E-state index contributed by atoms with van der Waals surface area (Å²) in [6.45, 7) is 8.20. The summed E-state index contributed by atoms with van der Waals surface area (Å²) in [6.07, 6.45) is 0.763. The molecule has 74 valence electrons. The van der Waals surface area contributed by atoms with Gasteiger partial charge in [-0.3, -0.25) is 0 Å². The van der Waals surface area contributed by atoms with Gasteiger partial charge in [-0.15, -0.1) is 21.9 Å². The number of hydrogen-bond donors (Lipinski definition) is 0. The zero-order valence-corrected chi connectivity index (χ0v) is 10.5. The molecule has 0 fully saturated rings. The Morgan fingerprint density at radius 3 is 1.50 bits per heavy atom. The van der Waals surface area contributed by atoms with E-state index >= 15 is 0 Å². The van der Waals surface area contributed by atoms with E-state index in [1.165, 1.54) is 0 Å². The molecule has 0 heterocycles. The van der Waals surface area contributed by atoms with Crippen LogP contribution in [-0.4, -0.2) is 31.4 Å². The summed E-state index contributed by atoms with van der Waals surface area (Å²) in [5.41, 5.74) is 3.96. The van der Waals surface area contributed by atoms with Crippen LogP contribution in [0.15, 0.2) is 0 Å². The molecule has 1 aromatic rings. The summed E-state index contributed by atoms with van der Waals surface area (Å²) in [7, 11) is 23.8. The van der Waals surface area contributed by atoms with Crippen molar-refractivity contribution in [3.8, 4) is 0 Å². The maximum absolute atomic E-state index is 6.00. The lowest BCUT2D eigenvalue weighted by Crippen LogP contribution is -2.47. The quantitative estimate of drug-likeness (QED) is 0.499. The lowest BCUT2D eigenvalue weighted by Gasteiger charge is -2.26. The van der Waals surface area contributed by atoms with E-state index in [-0.39, 0.29) is 5.41 Å². The molecule has 0 saturated carbocycles. The molecule has 0 bridgehead atoms. The average molecular weight is 201 g/mol. The highest BCUT2D eigenvalue weighted by Gasteiger charge is 2.17. The van der Waals surface area contributed by atoms with E-state index < -0.39 is 0 Å². The van der Waals surface area contributed by atoms with E-state index in [0.29, 0.717) is 21.9 Å². The smallest absolute Gasteiger partial charge is 0.101 e. The van der Waals surface area contributed by atoms with Crippen LogP contribution in [0.4, 0.5) is 0 Å². The predicted molar refractivity (Wildman–Crippen MR) is 75.9 cm³/mol. The molecule has 0 saturated heterocycles. The van der Waals surface area contributed by atoms with Gasteiger partial charge in [-0.05, 0) is 18.8 Å². The molecule has 1 aromatic carbocycles. The Kier molecular flexibility index (Phi) is 3.72. The van der Waals surface area contributed by atoms with Crippen LogP contribution in [0.25, 0.3) is 0 Å². The first-order valence-electron chi connectivity index (χ1n) is 5.36. The van der Waals surface area contributed by atoms with Crippen molar-refractivity contribution in [2.24, 2.45) is 5.41 Å². The number of rotatable bonds is 1. The largest absolute Gasteiger partial charge is 0.113 e. The fraction of sp³-hybridized carbons (Fsp3) is 0.500. The van der Waals surface area contributed by atoms with E-state index in [2.05, 4.69) is 20.8 Å². The second kappa shape index (κ2) is 4.39. The van der Waals surface area contributed by atoms with E-state index in [0.717, 1.165) is 17.5 Å². The van der Waals surface area contributed by atoms with E-state index in [1.54, 1.807) is 0 Å². The number of benzene rings is 1. The van der Waals surface area contributed by atoms with Gasteiger partial charge in [-0.2, -0.15) is 0 Å². The number of hydrogen-bond acceptors (Lipinski definition) is 0. The molecule has 0 nitrogen and oxygen atoms in total. The highest BCUT2D eigenvalue weighted by atomic mass is 14.2. The minimum atomic E-state index is 0.0936. The summed E-state index contributed by atoms with van der Waals surface area (Å²) >= 11 is 0. The molecule has 16 heavy (non-hydrogen) atoms. The van der Waals surface area contributed by atoms with E-state index in [1.807, 2.05) is 6.92 Å². The maximum Gasteiger partial charge on any atom is 0.113 e. The molecule has 0 amide bonds. The average Bonchev–Trinajstić information content (AvgIpc) is 2.17. The van der Waals surface area contributed by atoms with Crippen LogP contribution in [0, 0.1) is 12.3 Å². The molecule has 4 heteroatoms. The van der Waals surface area contributed by atoms with Gasteiger partial charge in [-0.1, -0.05) is 31.9 Å². The Hall–Kier alpha value is -0.520. The van der Waals surface area contributed by atoms with Gasteiger partial charge in [0.15, 0.2) is 0 Å². The molecule has 0 aliphatic rings. The highest BCUT2D eigenvalue weighted by Crippen LogP contribution is 2.17. The third-order valence-corrected chi connectivity index (χ3v) is 2.75. The highest BCUT2D eigenvalue weighted by molar-refractivity contribution is 6.57. The first kappa shape index (κ1) is 13.5. The van der Waals surface area contributed by atoms with Crippen molar-refractivity contribution in [3.63, 3.8) is 0 Å². The van der Waals surface area contributed by atoms with Crippen LogP contribution in [0.1, 0.15) is 31.9 Å². The molecular weight excluding hydrogens is 187 g/mol. The van der Waals surface area contributed by atoms with Crippen molar-refractivity contribution in [1.29, 1.82) is 0 Å². The van der Waals surface area contributed by atoms with Crippen molar-refractivity contribution in [1.82, 2.24) is 0 Å². The SMILES string of the molecule is [B]c1c([B])c(CC(C)(C)C)c([B])c([B])c1C. The van der Waals surface area contributed by atoms with Gasteiger partial charge >= 0.3 is 0 Å². The fourth-order valence-corrected chi connectivity index (χ4v) is 1.74. The second-order valence-corrected chi connectivity index (χ2v) is 5.50. The normalized spacial score (nSPS) is 11.8. The van der Waals surface area contributed by atoms with Crippen molar-refractivity contribution >= 4 is 53.2 Å². The van der Waals surface area contributed by atoms with Gasteiger partial charge in [0.2, 0.25) is 0 Å². The topological polar surface area (TPSA) is 0 Å². The Bertz CT molecular complexity index is 387. The van der Waals surface area contributed by atoms with Crippen LogP contribution in [0.3, 0.4) is 0 Å². The zero-order chi connectivity index (χ0) is 12.7. The van der Waals surface area contributed by atoms with Crippen molar-refractivity contribution in [2.45, 2.75) is 34.1 Å². The van der Waals surface area contributed by atoms with Gasteiger partial charge in [0, 0.05) is 0 Å². The van der Waals surface area contributed by atoms with Gasteiger partial charge in [0.25, 0.3) is 0 Å². The molecule has 0 aliphatic carbocycles. The maximum atomic E-state index is 6.00. The van der Waals surface area contributed by atoms with Crippen molar-refractivity contribution in [3.05, 3.63) is 11.1 Å². The Labute approximate surface area is 104 Å². The Morgan fingerprint density at radius 2 is 1.19 bits per heavy atom. The molecule has 0 aliphatic heterocycles. The first-order chi connectivity index (χ1) is 7.15. The van der Waals surface area contributed by atoms with Crippen molar-refractivity contribution in [2.75, 3.05) is 0 Å². The van der Waals surface area contributed by atoms with Gasteiger partial charge in [-0.25, -0.2) is 0 Å². The third kappa shape index (κ3) is 2.59. The van der Waals surface area contributed by atoms with Gasteiger partial charge in [0.1, 0.15) is 31.4 Å². The first-order valence-corrected chi connectivity index (χ1v) is 5.36. The molecular formula is C12H14B4. The summed E-state index contributed by atoms with van der Waals surface area (Å²) in [6, 6.07) is 0.